The van der Waals surface area contributed by atoms with Crippen LogP contribution in [0.25, 0.3) is 0 Å². The van der Waals surface area contributed by atoms with Crippen molar-refractivity contribution in [1.29, 1.82) is 0 Å². The van der Waals surface area contributed by atoms with Crippen LogP contribution in [-0.2, 0) is 11.3 Å². The number of hydrogen-bond donors (Lipinski definition) is 2. The second-order valence-electron chi connectivity index (χ2n) is 4.30. The Morgan fingerprint density at radius 3 is 2.89 bits per heavy atom. The van der Waals surface area contributed by atoms with E-state index in [0.717, 1.165) is 6.42 Å². The lowest BCUT2D eigenvalue weighted by molar-refractivity contribution is -0.121. The number of rotatable bonds is 7. The van der Waals surface area contributed by atoms with Crippen LogP contribution in [0, 0.1) is 0 Å². The van der Waals surface area contributed by atoms with Crippen LogP contribution in [0.4, 0.5) is 0 Å². The van der Waals surface area contributed by atoms with E-state index in [1.165, 1.54) is 4.90 Å². The Labute approximate surface area is 112 Å². The minimum absolute atomic E-state index is 0.0303. The Bertz CT molecular complexity index is 430. The van der Waals surface area contributed by atoms with Gasteiger partial charge in [-0.1, -0.05) is 6.92 Å². The van der Waals surface area contributed by atoms with Gasteiger partial charge in [0, 0.05) is 32.9 Å². The first kappa shape index (κ1) is 15.2. The first-order valence-corrected chi connectivity index (χ1v) is 6.32. The van der Waals surface area contributed by atoms with Gasteiger partial charge in [-0.05, 0) is 6.42 Å². The zero-order chi connectivity index (χ0) is 14.3. The predicted molar refractivity (Wildman–Crippen MR) is 71.5 cm³/mol. The van der Waals surface area contributed by atoms with Crippen molar-refractivity contribution in [3.05, 3.63) is 18.2 Å². The van der Waals surface area contributed by atoms with Crippen molar-refractivity contribution < 1.29 is 9.59 Å². The molecule has 1 rings (SSSR count). The Hall–Kier alpha value is -1.89. The maximum absolute atomic E-state index is 12.0. The molecule has 7 heteroatoms. The van der Waals surface area contributed by atoms with E-state index in [2.05, 4.69) is 10.3 Å². The number of carbonyl (C=O) groups excluding carboxylic acids is 2. The minimum atomic E-state index is -0.276. The Morgan fingerprint density at radius 2 is 2.26 bits per heavy atom. The van der Waals surface area contributed by atoms with Crippen LogP contribution in [-0.4, -0.2) is 52.9 Å². The summed E-state index contributed by atoms with van der Waals surface area (Å²) in [4.78, 5) is 28.9. The molecule has 1 aromatic rings. The van der Waals surface area contributed by atoms with E-state index in [9.17, 15) is 9.59 Å². The molecule has 19 heavy (non-hydrogen) atoms. The van der Waals surface area contributed by atoms with Gasteiger partial charge < -0.3 is 20.5 Å². The average molecular weight is 267 g/mol. The van der Waals surface area contributed by atoms with Gasteiger partial charge >= 0.3 is 0 Å². The lowest BCUT2D eigenvalue weighted by Gasteiger charge is -2.15. The van der Waals surface area contributed by atoms with Crippen LogP contribution in [0.1, 0.15) is 23.8 Å². The van der Waals surface area contributed by atoms with Gasteiger partial charge in [-0.2, -0.15) is 0 Å². The van der Waals surface area contributed by atoms with Crippen molar-refractivity contribution in [2.45, 2.75) is 19.9 Å². The fraction of sp³-hybridized carbons (Fsp3) is 0.583. The summed E-state index contributed by atoms with van der Waals surface area (Å²) in [5.41, 5.74) is 5.74. The van der Waals surface area contributed by atoms with Crippen LogP contribution in [0.5, 0.6) is 0 Å². The van der Waals surface area contributed by atoms with Gasteiger partial charge in [-0.25, -0.2) is 4.98 Å². The molecule has 1 heterocycles. The standard InChI is InChI=1S/C12H21N5O2/c1-3-5-14-11(18)8-16(2)12(19)10-7-17(6-4-13)9-15-10/h7,9H,3-6,8,13H2,1-2H3,(H,14,18). The number of hydrogen-bond acceptors (Lipinski definition) is 4. The van der Waals surface area contributed by atoms with Crippen molar-refractivity contribution in [2.75, 3.05) is 26.7 Å². The van der Waals surface area contributed by atoms with Crippen molar-refractivity contribution in [2.24, 2.45) is 5.73 Å². The zero-order valence-corrected chi connectivity index (χ0v) is 11.4. The summed E-state index contributed by atoms with van der Waals surface area (Å²) in [6, 6.07) is 0. The van der Waals surface area contributed by atoms with Gasteiger partial charge in [-0.15, -0.1) is 0 Å². The van der Waals surface area contributed by atoms with Gasteiger partial charge in [0.1, 0.15) is 5.69 Å². The zero-order valence-electron chi connectivity index (χ0n) is 11.4. The average Bonchev–Trinajstić information content (AvgIpc) is 2.84. The Morgan fingerprint density at radius 1 is 1.53 bits per heavy atom. The highest BCUT2D eigenvalue weighted by Gasteiger charge is 2.16. The Kier molecular flexibility index (Phi) is 6.01. The fourth-order valence-electron chi connectivity index (χ4n) is 1.54. The van der Waals surface area contributed by atoms with Gasteiger partial charge in [-0.3, -0.25) is 9.59 Å². The lowest BCUT2D eigenvalue weighted by atomic mass is 10.4. The van der Waals surface area contributed by atoms with E-state index < -0.39 is 0 Å². The van der Waals surface area contributed by atoms with Gasteiger partial charge in [0.05, 0.1) is 12.9 Å². The van der Waals surface area contributed by atoms with E-state index >= 15 is 0 Å². The molecule has 0 radical (unpaired) electrons. The monoisotopic (exact) mass is 267 g/mol. The molecule has 0 aliphatic rings. The summed E-state index contributed by atoms with van der Waals surface area (Å²) in [5, 5.41) is 2.72. The first-order valence-electron chi connectivity index (χ1n) is 6.32. The number of aromatic nitrogens is 2. The Balaban J connectivity index is 2.53. The normalized spacial score (nSPS) is 10.3. The largest absolute Gasteiger partial charge is 0.355 e. The maximum atomic E-state index is 12.0. The molecule has 0 atom stereocenters. The number of nitrogens with two attached hydrogens (primary N) is 1. The molecule has 0 fully saturated rings. The number of nitrogens with one attached hydrogen (secondary N) is 1. The smallest absolute Gasteiger partial charge is 0.274 e. The highest BCUT2D eigenvalue weighted by atomic mass is 16.2. The van der Waals surface area contributed by atoms with Crippen LogP contribution >= 0.6 is 0 Å². The molecule has 3 N–H and O–H groups in total. The van der Waals surface area contributed by atoms with Crippen molar-refractivity contribution in [3.8, 4) is 0 Å². The van der Waals surface area contributed by atoms with Crippen molar-refractivity contribution in [1.82, 2.24) is 19.8 Å². The SMILES string of the molecule is CCCNC(=O)CN(C)C(=O)c1cn(CCN)cn1. The van der Waals surface area contributed by atoms with E-state index in [1.807, 2.05) is 6.92 Å². The molecule has 0 spiro atoms. The second kappa shape index (κ2) is 7.52. The number of imidazole rings is 1. The molecule has 2 amide bonds. The highest BCUT2D eigenvalue weighted by molar-refractivity contribution is 5.94. The molecule has 0 saturated carbocycles. The second-order valence-corrected chi connectivity index (χ2v) is 4.30. The van der Waals surface area contributed by atoms with E-state index in [4.69, 9.17) is 5.73 Å². The fourth-order valence-corrected chi connectivity index (χ4v) is 1.54. The summed E-state index contributed by atoms with van der Waals surface area (Å²) in [6.07, 6.45) is 4.06. The topological polar surface area (TPSA) is 93.2 Å². The molecule has 0 aliphatic carbocycles. The minimum Gasteiger partial charge on any atom is -0.355 e. The van der Waals surface area contributed by atoms with E-state index in [1.54, 1.807) is 24.1 Å². The van der Waals surface area contributed by atoms with Crippen LogP contribution in [0.2, 0.25) is 0 Å². The quantitative estimate of drug-likeness (QED) is 0.692. The van der Waals surface area contributed by atoms with Gasteiger partial charge in [0.25, 0.3) is 5.91 Å². The number of carbonyl (C=O) groups is 2. The van der Waals surface area contributed by atoms with Crippen LogP contribution in [0.15, 0.2) is 12.5 Å². The first-order chi connectivity index (χ1) is 9.08. The summed E-state index contributed by atoms with van der Waals surface area (Å²) in [7, 11) is 1.58. The molecule has 0 bridgehead atoms. The molecular weight excluding hydrogens is 246 g/mol. The third kappa shape index (κ3) is 4.70. The van der Waals surface area contributed by atoms with Gasteiger partial charge in [0.2, 0.25) is 5.91 Å². The molecule has 1 aromatic heterocycles. The van der Waals surface area contributed by atoms with E-state index in [0.29, 0.717) is 25.3 Å². The predicted octanol–water partition coefficient (Wildman–Crippen LogP) is -0.560. The lowest BCUT2D eigenvalue weighted by Crippen LogP contribution is -2.38. The molecule has 106 valence electrons. The van der Waals surface area contributed by atoms with Gasteiger partial charge in [0.15, 0.2) is 0 Å². The summed E-state index contributed by atoms with van der Waals surface area (Å²) in [5.74, 6) is -0.443. The number of amides is 2. The highest BCUT2D eigenvalue weighted by Crippen LogP contribution is 2.00. The van der Waals surface area contributed by atoms with Crippen molar-refractivity contribution in [3.63, 3.8) is 0 Å². The summed E-state index contributed by atoms with van der Waals surface area (Å²) < 4.78 is 1.75. The number of likely N-dealkylation sites (N-methyl/N-ethyl adjacent to an activating group) is 1. The van der Waals surface area contributed by atoms with Crippen molar-refractivity contribution >= 4 is 11.8 Å². The maximum Gasteiger partial charge on any atom is 0.274 e. The van der Waals surface area contributed by atoms with Crippen LogP contribution in [0.3, 0.4) is 0 Å². The number of nitrogens with zero attached hydrogens (tertiary/aromatic N) is 3. The molecule has 0 aliphatic heterocycles. The van der Waals surface area contributed by atoms with E-state index in [-0.39, 0.29) is 18.4 Å². The summed E-state index contributed by atoms with van der Waals surface area (Å²) in [6.45, 7) is 3.72. The molecular formula is C12H21N5O2. The molecule has 0 aromatic carbocycles. The van der Waals surface area contributed by atoms with Crippen LogP contribution < -0.4 is 11.1 Å². The molecule has 7 nitrogen and oxygen atoms in total. The molecule has 0 saturated heterocycles. The summed E-state index contributed by atoms with van der Waals surface area (Å²) >= 11 is 0. The third-order valence-corrected chi connectivity index (χ3v) is 2.54. The molecule has 0 unspecified atom stereocenters. The third-order valence-electron chi connectivity index (χ3n) is 2.54.